The van der Waals surface area contributed by atoms with Crippen LogP contribution >= 0.6 is 15.9 Å². The maximum absolute atomic E-state index is 5.75. The Bertz CT molecular complexity index is 567. The summed E-state index contributed by atoms with van der Waals surface area (Å²) in [5.74, 6) is 1.33. The number of halogens is 1. The van der Waals surface area contributed by atoms with Crippen LogP contribution in [0.5, 0.6) is 11.6 Å². The highest BCUT2D eigenvalue weighted by molar-refractivity contribution is 9.10. The van der Waals surface area contributed by atoms with Gasteiger partial charge in [-0.3, -0.25) is 0 Å². The van der Waals surface area contributed by atoms with E-state index in [1.165, 1.54) is 5.56 Å². The van der Waals surface area contributed by atoms with Crippen molar-refractivity contribution in [3.8, 4) is 11.6 Å². The summed E-state index contributed by atoms with van der Waals surface area (Å²) in [7, 11) is 1.72. The van der Waals surface area contributed by atoms with Crippen LogP contribution in [0.3, 0.4) is 0 Å². The van der Waals surface area contributed by atoms with Crippen molar-refractivity contribution in [3.05, 3.63) is 52.6 Å². The molecule has 0 fully saturated rings. The molecule has 3 nitrogen and oxygen atoms in total. The molecule has 0 aliphatic rings. The number of nitrogens with zero attached hydrogens (tertiary/aromatic N) is 1. The zero-order chi connectivity index (χ0) is 14.6. The van der Waals surface area contributed by atoms with Crippen LogP contribution in [0.1, 0.15) is 19.4 Å². The predicted molar refractivity (Wildman–Crippen MR) is 83.4 cm³/mol. The lowest BCUT2D eigenvalue weighted by molar-refractivity contribution is 0.146. The van der Waals surface area contributed by atoms with Gasteiger partial charge in [-0.05, 0) is 45.8 Å². The van der Waals surface area contributed by atoms with Gasteiger partial charge < -0.3 is 9.47 Å². The lowest BCUT2D eigenvalue weighted by Gasteiger charge is -2.24. The Labute approximate surface area is 128 Å². The summed E-state index contributed by atoms with van der Waals surface area (Å²) in [5.41, 5.74) is 1.20. The molecule has 0 bridgehead atoms. The standard InChI is InChI=1S/C16H18BrNO2/c1-16(2,11-19-3)12-6-8-13(9-7-12)20-15-14(17)5-4-10-18-15/h4-10H,11H2,1-3H3. The normalized spacial score (nSPS) is 11.4. The van der Waals surface area contributed by atoms with Gasteiger partial charge in [-0.25, -0.2) is 4.98 Å². The molecule has 1 heterocycles. The Morgan fingerprint density at radius 3 is 2.45 bits per heavy atom. The van der Waals surface area contributed by atoms with E-state index in [2.05, 4.69) is 46.9 Å². The van der Waals surface area contributed by atoms with E-state index < -0.39 is 0 Å². The van der Waals surface area contributed by atoms with Crippen molar-refractivity contribution in [3.63, 3.8) is 0 Å². The second kappa shape index (κ2) is 6.37. The SMILES string of the molecule is COCC(C)(C)c1ccc(Oc2ncccc2Br)cc1. The molecule has 4 heteroatoms. The van der Waals surface area contributed by atoms with Crippen molar-refractivity contribution in [2.24, 2.45) is 0 Å². The lowest BCUT2D eigenvalue weighted by atomic mass is 9.85. The highest BCUT2D eigenvalue weighted by Gasteiger charge is 2.20. The van der Waals surface area contributed by atoms with E-state index in [1.54, 1.807) is 13.3 Å². The van der Waals surface area contributed by atoms with Gasteiger partial charge in [-0.15, -0.1) is 0 Å². The maximum Gasteiger partial charge on any atom is 0.233 e. The summed E-state index contributed by atoms with van der Waals surface area (Å²) in [5, 5.41) is 0. The van der Waals surface area contributed by atoms with Gasteiger partial charge in [0.1, 0.15) is 5.75 Å². The van der Waals surface area contributed by atoms with Crippen molar-refractivity contribution in [1.82, 2.24) is 4.98 Å². The molecule has 2 aromatic rings. The quantitative estimate of drug-likeness (QED) is 0.802. The molecule has 2 rings (SSSR count). The first-order chi connectivity index (χ1) is 9.53. The fourth-order valence-corrected chi connectivity index (χ4v) is 2.31. The topological polar surface area (TPSA) is 31.4 Å². The summed E-state index contributed by atoms with van der Waals surface area (Å²) < 4.78 is 11.8. The molecule has 1 aromatic heterocycles. The Balaban J connectivity index is 2.15. The van der Waals surface area contributed by atoms with Gasteiger partial charge in [-0.2, -0.15) is 0 Å². The lowest BCUT2D eigenvalue weighted by Crippen LogP contribution is -2.23. The summed E-state index contributed by atoms with van der Waals surface area (Å²) in [6, 6.07) is 11.8. The number of aromatic nitrogens is 1. The number of ether oxygens (including phenoxy) is 2. The van der Waals surface area contributed by atoms with E-state index >= 15 is 0 Å². The number of benzene rings is 1. The minimum Gasteiger partial charge on any atom is -0.438 e. The third-order valence-electron chi connectivity index (χ3n) is 3.08. The Morgan fingerprint density at radius 1 is 1.15 bits per heavy atom. The van der Waals surface area contributed by atoms with Gasteiger partial charge in [0, 0.05) is 18.7 Å². The van der Waals surface area contributed by atoms with E-state index in [4.69, 9.17) is 9.47 Å². The molecule has 0 saturated heterocycles. The predicted octanol–water partition coefficient (Wildman–Crippen LogP) is 4.56. The molecule has 0 amide bonds. The highest BCUT2D eigenvalue weighted by Crippen LogP contribution is 2.29. The van der Waals surface area contributed by atoms with Crippen molar-refractivity contribution < 1.29 is 9.47 Å². The van der Waals surface area contributed by atoms with Crippen LogP contribution in [0, 0.1) is 0 Å². The van der Waals surface area contributed by atoms with Gasteiger partial charge >= 0.3 is 0 Å². The third-order valence-corrected chi connectivity index (χ3v) is 3.68. The second-order valence-corrected chi connectivity index (χ2v) is 6.09. The Kier molecular flexibility index (Phi) is 4.78. The van der Waals surface area contributed by atoms with Crippen molar-refractivity contribution in [1.29, 1.82) is 0 Å². The first-order valence-corrected chi connectivity index (χ1v) is 7.20. The van der Waals surface area contributed by atoms with Crippen LogP contribution < -0.4 is 4.74 Å². The number of methoxy groups -OCH3 is 1. The largest absolute Gasteiger partial charge is 0.438 e. The fourth-order valence-electron chi connectivity index (χ4n) is 1.98. The highest BCUT2D eigenvalue weighted by atomic mass is 79.9. The van der Waals surface area contributed by atoms with Crippen LogP contribution in [0.25, 0.3) is 0 Å². The minimum absolute atomic E-state index is 0.0150. The van der Waals surface area contributed by atoms with E-state index in [-0.39, 0.29) is 5.41 Å². The van der Waals surface area contributed by atoms with E-state index in [9.17, 15) is 0 Å². The molecule has 0 aliphatic carbocycles. The summed E-state index contributed by atoms with van der Waals surface area (Å²) in [4.78, 5) is 4.19. The van der Waals surface area contributed by atoms with Crippen LogP contribution in [-0.2, 0) is 10.2 Å². The van der Waals surface area contributed by atoms with Gasteiger partial charge in [0.25, 0.3) is 0 Å². The molecule has 0 aliphatic heterocycles. The minimum atomic E-state index is -0.0150. The molecule has 0 atom stereocenters. The van der Waals surface area contributed by atoms with Gasteiger partial charge in [0.15, 0.2) is 0 Å². The summed E-state index contributed by atoms with van der Waals surface area (Å²) in [6.07, 6.45) is 1.70. The molecule has 0 unspecified atom stereocenters. The van der Waals surface area contributed by atoms with Crippen LogP contribution in [0.4, 0.5) is 0 Å². The summed E-state index contributed by atoms with van der Waals surface area (Å²) in [6.45, 7) is 4.99. The van der Waals surface area contributed by atoms with Crippen LogP contribution in [0.15, 0.2) is 47.1 Å². The van der Waals surface area contributed by atoms with Crippen molar-refractivity contribution in [2.45, 2.75) is 19.3 Å². The monoisotopic (exact) mass is 335 g/mol. The smallest absolute Gasteiger partial charge is 0.233 e. The van der Waals surface area contributed by atoms with Crippen molar-refractivity contribution >= 4 is 15.9 Å². The second-order valence-electron chi connectivity index (χ2n) is 5.23. The molecule has 0 saturated carbocycles. The average molecular weight is 336 g/mol. The Hall–Kier alpha value is -1.39. The molecule has 0 spiro atoms. The van der Waals surface area contributed by atoms with Gasteiger partial charge in [0.05, 0.1) is 11.1 Å². The third kappa shape index (κ3) is 3.58. The molecule has 1 aromatic carbocycles. The van der Waals surface area contributed by atoms with E-state index in [0.29, 0.717) is 12.5 Å². The number of hydrogen-bond acceptors (Lipinski definition) is 3. The average Bonchev–Trinajstić information content (AvgIpc) is 2.42. The molecule has 0 N–H and O–H groups in total. The van der Waals surface area contributed by atoms with Crippen molar-refractivity contribution in [2.75, 3.05) is 13.7 Å². The molecular weight excluding hydrogens is 318 g/mol. The molecule has 106 valence electrons. The molecule has 20 heavy (non-hydrogen) atoms. The molecule has 0 radical (unpaired) electrons. The Morgan fingerprint density at radius 2 is 1.85 bits per heavy atom. The molecular formula is C16H18BrNO2. The van der Waals surface area contributed by atoms with Gasteiger partial charge in [-0.1, -0.05) is 26.0 Å². The first-order valence-electron chi connectivity index (χ1n) is 6.41. The number of rotatable bonds is 5. The summed E-state index contributed by atoms with van der Waals surface area (Å²) >= 11 is 3.42. The zero-order valence-electron chi connectivity index (χ0n) is 11.9. The van der Waals surface area contributed by atoms with E-state index in [0.717, 1.165) is 10.2 Å². The van der Waals surface area contributed by atoms with E-state index in [1.807, 2.05) is 24.3 Å². The van der Waals surface area contributed by atoms with Crippen LogP contribution in [0.2, 0.25) is 0 Å². The maximum atomic E-state index is 5.75. The zero-order valence-corrected chi connectivity index (χ0v) is 13.5. The number of hydrogen-bond donors (Lipinski definition) is 0. The number of pyridine rings is 1. The van der Waals surface area contributed by atoms with Crippen LogP contribution in [-0.4, -0.2) is 18.7 Å². The first kappa shape index (κ1) is 15.0. The fraction of sp³-hybridized carbons (Fsp3) is 0.312. The van der Waals surface area contributed by atoms with Gasteiger partial charge in [0.2, 0.25) is 5.88 Å².